The van der Waals surface area contributed by atoms with Crippen LogP contribution in [0.4, 0.5) is 17.1 Å². The van der Waals surface area contributed by atoms with Crippen LogP contribution in [0.15, 0.2) is 59.8 Å². The molecule has 1 aliphatic rings. The first-order chi connectivity index (χ1) is 15.7. The first-order valence-corrected chi connectivity index (χ1v) is 12.4. The zero-order chi connectivity index (χ0) is 23.6. The average molecular weight is 467 g/mol. The molecule has 1 saturated heterocycles. The number of benzene rings is 1. The molecule has 10 heteroatoms. The van der Waals surface area contributed by atoms with Gasteiger partial charge in [-0.1, -0.05) is 12.1 Å². The Morgan fingerprint density at radius 3 is 2.79 bits per heavy atom. The van der Waals surface area contributed by atoms with Gasteiger partial charge in [0.25, 0.3) is 5.91 Å². The number of aromatic nitrogens is 2. The first kappa shape index (κ1) is 22.7. The van der Waals surface area contributed by atoms with Crippen molar-refractivity contribution in [3.05, 3.63) is 60.6 Å². The van der Waals surface area contributed by atoms with Crippen LogP contribution in [0.5, 0.6) is 0 Å². The smallest absolute Gasteiger partial charge is 0.276 e. The summed E-state index contributed by atoms with van der Waals surface area (Å²) in [6.45, 7) is 1.53. The van der Waals surface area contributed by atoms with Crippen molar-refractivity contribution in [3.8, 4) is 11.3 Å². The van der Waals surface area contributed by atoms with Crippen LogP contribution >= 0.6 is 0 Å². The number of sulfone groups is 1. The lowest BCUT2D eigenvalue weighted by Gasteiger charge is -2.33. The maximum absolute atomic E-state index is 13.1. The van der Waals surface area contributed by atoms with Crippen molar-refractivity contribution in [2.24, 2.45) is 5.73 Å². The third-order valence-electron chi connectivity index (χ3n) is 5.54. The number of nitrogens with two attached hydrogens (primary N) is 2. The summed E-state index contributed by atoms with van der Waals surface area (Å²) in [6.07, 6.45) is 6.34. The minimum Gasteiger partial charge on any atom is -0.397 e. The lowest BCUT2D eigenvalue weighted by Crippen LogP contribution is -2.43. The standard InChI is InChI=1S/C23H26N6O3S/c1-33(31,32)17-6-2-4-15(12-17)19-8-7-18(25)22(27-19)23(30)28-20-13-26-10-9-21(20)29-11-3-5-16(24)14-29/h2,4,6-10,12-13,16H,3,5,11,14,24-25H2,1H3,(H,28,30)/t16-/m0/s1. The molecule has 0 bridgehead atoms. The normalized spacial score (nSPS) is 16.4. The summed E-state index contributed by atoms with van der Waals surface area (Å²) in [5.74, 6) is -0.482. The number of piperidine rings is 1. The maximum Gasteiger partial charge on any atom is 0.276 e. The molecular weight excluding hydrogens is 440 g/mol. The van der Waals surface area contributed by atoms with Gasteiger partial charge in [0, 0.05) is 37.1 Å². The topological polar surface area (TPSA) is 144 Å². The summed E-state index contributed by atoms with van der Waals surface area (Å²) in [5.41, 5.74) is 14.8. The Hall–Kier alpha value is -3.50. The van der Waals surface area contributed by atoms with E-state index >= 15 is 0 Å². The van der Waals surface area contributed by atoms with Gasteiger partial charge in [-0.15, -0.1) is 0 Å². The zero-order valence-electron chi connectivity index (χ0n) is 18.2. The van der Waals surface area contributed by atoms with Gasteiger partial charge < -0.3 is 21.7 Å². The molecule has 1 aliphatic heterocycles. The Labute approximate surface area is 192 Å². The molecule has 3 aromatic rings. The number of hydrogen-bond donors (Lipinski definition) is 3. The second kappa shape index (κ2) is 9.16. The predicted octanol–water partition coefficient (Wildman–Crippen LogP) is 2.31. The highest BCUT2D eigenvalue weighted by atomic mass is 32.2. The summed E-state index contributed by atoms with van der Waals surface area (Å²) in [7, 11) is -3.38. The van der Waals surface area contributed by atoms with E-state index in [1.165, 1.54) is 12.1 Å². The monoisotopic (exact) mass is 466 g/mol. The molecule has 33 heavy (non-hydrogen) atoms. The minimum absolute atomic E-state index is 0.0439. The largest absolute Gasteiger partial charge is 0.397 e. The van der Waals surface area contributed by atoms with Crippen LogP contribution in [-0.4, -0.2) is 49.7 Å². The molecule has 0 aliphatic carbocycles. The molecule has 1 amide bonds. The van der Waals surface area contributed by atoms with Gasteiger partial charge >= 0.3 is 0 Å². The van der Waals surface area contributed by atoms with E-state index < -0.39 is 15.7 Å². The van der Waals surface area contributed by atoms with Gasteiger partial charge in [-0.25, -0.2) is 13.4 Å². The summed E-state index contributed by atoms with van der Waals surface area (Å²) in [5, 5.41) is 2.87. The van der Waals surface area contributed by atoms with Gasteiger partial charge in [0.1, 0.15) is 0 Å². The van der Waals surface area contributed by atoms with Gasteiger partial charge in [-0.05, 0) is 43.2 Å². The molecule has 1 fully saturated rings. The Bertz CT molecular complexity index is 1290. The second-order valence-corrected chi connectivity index (χ2v) is 10.1. The van der Waals surface area contributed by atoms with Crippen LogP contribution < -0.4 is 21.7 Å². The van der Waals surface area contributed by atoms with Crippen molar-refractivity contribution in [2.45, 2.75) is 23.8 Å². The summed E-state index contributed by atoms with van der Waals surface area (Å²) < 4.78 is 23.8. The number of carbonyl (C=O) groups excluding carboxylic acids is 1. The van der Waals surface area contributed by atoms with Gasteiger partial charge in [-0.3, -0.25) is 9.78 Å². The maximum atomic E-state index is 13.1. The third-order valence-corrected chi connectivity index (χ3v) is 6.65. The van der Waals surface area contributed by atoms with Crippen LogP contribution in [0.2, 0.25) is 0 Å². The molecule has 0 unspecified atom stereocenters. The van der Waals surface area contributed by atoms with Crippen molar-refractivity contribution in [1.29, 1.82) is 0 Å². The van der Waals surface area contributed by atoms with Crippen LogP contribution in [-0.2, 0) is 9.84 Å². The van der Waals surface area contributed by atoms with E-state index in [2.05, 4.69) is 20.2 Å². The fourth-order valence-electron chi connectivity index (χ4n) is 3.87. The molecule has 1 atom stereocenters. The molecule has 1 aromatic carbocycles. The van der Waals surface area contributed by atoms with E-state index in [1.54, 1.807) is 36.7 Å². The SMILES string of the molecule is CS(=O)(=O)c1cccc(-c2ccc(N)c(C(=O)Nc3cnccc3N3CCC[C@H](N)C3)n2)c1. The summed E-state index contributed by atoms with van der Waals surface area (Å²) in [4.78, 5) is 24.0. The molecule has 5 N–H and O–H groups in total. The fraction of sp³-hybridized carbons (Fsp3) is 0.261. The van der Waals surface area contributed by atoms with Crippen LogP contribution in [0.1, 0.15) is 23.3 Å². The average Bonchev–Trinajstić information content (AvgIpc) is 2.79. The first-order valence-electron chi connectivity index (χ1n) is 10.6. The molecular formula is C23H26N6O3S. The van der Waals surface area contributed by atoms with E-state index in [0.717, 1.165) is 31.3 Å². The van der Waals surface area contributed by atoms with E-state index in [1.807, 2.05) is 6.07 Å². The minimum atomic E-state index is -3.38. The van der Waals surface area contributed by atoms with Crippen molar-refractivity contribution >= 4 is 32.8 Å². The van der Waals surface area contributed by atoms with Crippen LogP contribution in [0, 0.1) is 0 Å². The number of nitrogens with one attached hydrogen (secondary N) is 1. The fourth-order valence-corrected chi connectivity index (χ4v) is 4.53. The Morgan fingerprint density at radius 2 is 2.03 bits per heavy atom. The Kier molecular flexibility index (Phi) is 6.30. The Balaban J connectivity index is 1.63. The molecule has 2 aromatic heterocycles. The lowest BCUT2D eigenvalue weighted by atomic mass is 10.1. The molecule has 0 saturated carbocycles. The van der Waals surface area contributed by atoms with E-state index in [9.17, 15) is 13.2 Å². The molecule has 0 spiro atoms. The van der Waals surface area contributed by atoms with Crippen LogP contribution in [0.25, 0.3) is 11.3 Å². The molecule has 4 rings (SSSR count). The van der Waals surface area contributed by atoms with Crippen molar-refractivity contribution in [2.75, 3.05) is 35.3 Å². The predicted molar refractivity (Wildman–Crippen MR) is 129 cm³/mol. The van der Waals surface area contributed by atoms with Gasteiger partial charge in [0.2, 0.25) is 0 Å². The number of nitrogen functional groups attached to an aromatic ring is 1. The molecule has 172 valence electrons. The highest BCUT2D eigenvalue weighted by Gasteiger charge is 2.21. The number of nitrogens with zero attached hydrogens (tertiary/aromatic N) is 3. The number of amides is 1. The van der Waals surface area contributed by atoms with Gasteiger partial charge in [-0.2, -0.15) is 0 Å². The van der Waals surface area contributed by atoms with Crippen molar-refractivity contribution < 1.29 is 13.2 Å². The molecule has 3 heterocycles. The van der Waals surface area contributed by atoms with Crippen molar-refractivity contribution in [3.63, 3.8) is 0 Å². The summed E-state index contributed by atoms with van der Waals surface area (Å²) in [6, 6.07) is 11.6. The number of hydrogen-bond acceptors (Lipinski definition) is 8. The molecule has 9 nitrogen and oxygen atoms in total. The quantitative estimate of drug-likeness (QED) is 0.519. The van der Waals surface area contributed by atoms with E-state index in [0.29, 0.717) is 23.5 Å². The highest BCUT2D eigenvalue weighted by Crippen LogP contribution is 2.29. The number of pyridine rings is 2. The Morgan fingerprint density at radius 1 is 1.21 bits per heavy atom. The number of anilines is 3. The van der Waals surface area contributed by atoms with Crippen LogP contribution in [0.3, 0.4) is 0 Å². The second-order valence-electron chi connectivity index (χ2n) is 8.13. The van der Waals surface area contributed by atoms with E-state index in [4.69, 9.17) is 11.5 Å². The van der Waals surface area contributed by atoms with Crippen molar-refractivity contribution in [1.82, 2.24) is 9.97 Å². The number of rotatable bonds is 5. The summed E-state index contributed by atoms with van der Waals surface area (Å²) >= 11 is 0. The number of carbonyl (C=O) groups is 1. The van der Waals surface area contributed by atoms with E-state index in [-0.39, 0.29) is 22.3 Å². The highest BCUT2D eigenvalue weighted by molar-refractivity contribution is 7.90. The third kappa shape index (κ3) is 5.12. The lowest BCUT2D eigenvalue weighted by molar-refractivity contribution is 0.102. The van der Waals surface area contributed by atoms with Gasteiger partial charge in [0.05, 0.1) is 33.8 Å². The zero-order valence-corrected chi connectivity index (χ0v) is 19.0. The van der Waals surface area contributed by atoms with Gasteiger partial charge in [0.15, 0.2) is 15.5 Å². The molecule has 0 radical (unpaired) electrons.